The second kappa shape index (κ2) is 6.12. The van der Waals surface area contributed by atoms with E-state index in [4.69, 9.17) is 0 Å². The fourth-order valence-electron chi connectivity index (χ4n) is 1.94. The lowest BCUT2D eigenvalue weighted by atomic mass is 10.2. The molecule has 1 aromatic heterocycles. The molecule has 3 aromatic rings. The fourth-order valence-corrected chi connectivity index (χ4v) is 1.94. The maximum absolute atomic E-state index is 11.9. The summed E-state index contributed by atoms with van der Waals surface area (Å²) in [5, 5.41) is 29.1. The minimum Gasteiger partial charge on any atom is -0.359 e. The molecule has 1 heterocycles. The van der Waals surface area contributed by atoms with Gasteiger partial charge in [0.05, 0.1) is 11.1 Å². The Balaban J connectivity index is 1.68. The van der Waals surface area contributed by atoms with Crippen molar-refractivity contribution in [3.05, 3.63) is 68.9 Å². The first-order valence-electron chi connectivity index (χ1n) is 6.62. The van der Waals surface area contributed by atoms with Crippen LogP contribution in [0.15, 0.2) is 52.2 Å². The lowest BCUT2D eigenvalue weighted by Gasteiger charge is -1.99. The average molecular weight is 327 g/mol. The summed E-state index contributed by atoms with van der Waals surface area (Å²) in [6.45, 7) is 0. The first-order chi connectivity index (χ1) is 11.5. The smallest absolute Gasteiger partial charge is 0.271 e. The second-order valence-corrected chi connectivity index (χ2v) is 4.68. The summed E-state index contributed by atoms with van der Waals surface area (Å²) >= 11 is 0. The van der Waals surface area contributed by atoms with Crippen molar-refractivity contribution in [2.45, 2.75) is 0 Å². The molecular weight excluding hydrogens is 318 g/mol. The van der Waals surface area contributed by atoms with Gasteiger partial charge >= 0.3 is 0 Å². The molecule has 0 bridgehead atoms. The monoisotopic (exact) mass is 327 g/mol. The number of nitrogens with zero attached hydrogens (tertiary/aromatic N) is 4. The van der Waals surface area contributed by atoms with E-state index in [9.17, 15) is 20.1 Å². The van der Waals surface area contributed by atoms with Crippen LogP contribution in [0, 0.1) is 15.3 Å². The standard InChI is InChI=1S/C14H9N5O5/c20-14(10-2-4-11(5-3-10)18(21)22)16-15-8-9-1-6-13-12(7-9)17-24-19(13)23/h1-8H,(H,16,20)/b15-8+. The van der Waals surface area contributed by atoms with Crippen molar-refractivity contribution in [2.75, 3.05) is 0 Å². The summed E-state index contributed by atoms with van der Waals surface area (Å²) in [5.74, 6) is -0.513. The SMILES string of the molecule is O=C(N/N=C/c1ccc2c(c1)no[n+]2[O-])c1ccc([N+](=O)[O-])cc1. The van der Waals surface area contributed by atoms with Crippen molar-refractivity contribution in [3.8, 4) is 0 Å². The van der Waals surface area contributed by atoms with Crippen LogP contribution in [-0.4, -0.2) is 22.2 Å². The lowest BCUT2D eigenvalue weighted by molar-refractivity contribution is -0.782. The number of hydrogen-bond donors (Lipinski definition) is 1. The fraction of sp³-hybridized carbons (Fsp3) is 0. The van der Waals surface area contributed by atoms with E-state index >= 15 is 0 Å². The highest BCUT2D eigenvalue weighted by Crippen LogP contribution is 2.12. The van der Waals surface area contributed by atoms with Gasteiger partial charge in [0, 0.05) is 28.9 Å². The van der Waals surface area contributed by atoms with Gasteiger partial charge in [-0.05, 0) is 34.7 Å². The number of benzene rings is 2. The van der Waals surface area contributed by atoms with Gasteiger partial charge in [-0.2, -0.15) is 5.10 Å². The van der Waals surface area contributed by atoms with E-state index in [0.717, 1.165) is 0 Å². The van der Waals surface area contributed by atoms with Crippen molar-refractivity contribution in [3.63, 3.8) is 0 Å². The molecule has 3 rings (SSSR count). The summed E-state index contributed by atoms with van der Waals surface area (Å²) in [4.78, 5) is 22.2. The van der Waals surface area contributed by atoms with Gasteiger partial charge in [-0.1, -0.05) is 0 Å². The van der Waals surface area contributed by atoms with Gasteiger partial charge in [0.25, 0.3) is 11.6 Å². The van der Waals surface area contributed by atoms with Crippen molar-refractivity contribution < 1.29 is 19.2 Å². The van der Waals surface area contributed by atoms with Crippen molar-refractivity contribution >= 4 is 28.8 Å². The quantitative estimate of drug-likeness (QED) is 0.330. The van der Waals surface area contributed by atoms with Gasteiger partial charge in [-0.15, -0.1) is 0 Å². The summed E-state index contributed by atoms with van der Waals surface area (Å²) in [7, 11) is 0. The number of nitro groups is 1. The minimum absolute atomic E-state index is 0.105. The number of carbonyl (C=O) groups excluding carboxylic acids is 1. The number of hydrazone groups is 1. The molecule has 10 heteroatoms. The van der Waals surface area contributed by atoms with Crippen LogP contribution in [0.2, 0.25) is 0 Å². The predicted molar refractivity (Wildman–Crippen MR) is 81.1 cm³/mol. The van der Waals surface area contributed by atoms with Crippen LogP contribution in [0.5, 0.6) is 0 Å². The number of rotatable bonds is 4. The Morgan fingerprint density at radius 1 is 1.29 bits per heavy atom. The van der Waals surface area contributed by atoms with E-state index in [1.807, 2.05) is 0 Å². The van der Waals surface area contributed by atoms with Gasteiger partial charge in [0.1, 0.15) is 0 Å². The molecule has 24 heavy (non-hydrogen) atoms. The van der Waals surface area contributed by atoms with Gasteiger partial charge in [0.2, 0.25) is 11.0 Å². The molecule has 0 atom stereocenters. The zero-order valence-corrected chi connectivity index (χ0v) is 11.9. The molecule has 0 unspecified atom stereocenters. The van der Waals surface area contributed by atoms with Crippen molar-refractivity contribution in [2.24, 2.45) is 5.10 Å². The molecule has 0 aliphatic heterocycles. The molecular formula is C14H9N5O5. The van der Waals surface area contributed by atoms with Crippen molar-refractivity contribution in [1.29, 1.82) is 0 Å². The molecule has 10 nitrogen and oxygen atoms in total. The maximum atomic E-state index is 11.9. The molecule has 0 saturated heterocycles. The summed E-state index contributed by atoms with van der Waals surface area (Å²) in [6, 6.07) is 9.81. The number of fused-ring (bicyclic) bond motifs is 1. The molecule has 0 spiro atoms. The molecule has 0 aliphatic rings. The highest BCUT2D eigenvalue weighted by atomic mass is 16.8. The van der Waals surface area contributed by atoms with E-state index in [1.54, 1.807) is 12.1 Å². The first kappa shape index (κ1) is 15.1. The third kappa shape index (κ3) is 3.02. The normalized spacial score (nSPS) is 11.0. The Morgan fingerprint density at radius 2 is 2.04 bits per heavy atom. The number of carbonyl (C=O) groups is 1. The van der Waals surface area contributed by atoms with E-state index in [0.29, 0.717) is 11.1 Å². The summed E-state index contributed by atoms with van der Waals surface area (Å²) in [5.41, 5.74) is 3.66. The van der Waals surface area contributed by atoms with Gasteiger partial charge in [0.15, 0.2) is 0 Å². The number of amides is 1. The lowest BCUT2D eigenvalue weighted by Crippen LogP contribution is -2.22. The number of aromatic nitrogens is 2. The first-order valence-corrected chi connectivity index (χ1v) is 6.62. The summed E-state index contributed by atoms with van der Waals surface area (Å²) < 4.78 is 4.45. The van der Waals surface area contributed by atoms with Crippen LogP contribution >= 0.6 is 0 Å². The second-order valence-electron chi connectivity index (χ2n) is 4.68. The highest BCUT2D eigenvalue weighted by molar-refractivity contribution is 5.95. The van der Waals surface area contributed by atoms with E-state index in [-0.39, 0.29) is 21.7 Å². The zero-order valence-electron chi connectivity index (χ0n) is 11.9. The molecule has 1 N–H and O–H groups in total. The van der Waals surface area contributed by atoms with E-state index in [2.05, 4.69) is 20.3 Å². The maximum Gasteiger partial charge on any atom is 0.271 e. The molecule has 1 amide bonds. The number of non-ortho nitro benzene ring substituents is 1. The Hall–Kier alpha value is -3.82. The predicted octanol–water partition coefficient (Wildman–Crippen LogP) is 1.13. The summed E-state index contributed by atoms with van der Waals surface area (Å²) in [6.07, 6.45) is 1.37. The number of hydrogen-bond acceptors (Lipinski definition) is 7. The third-order valence-corrected chi connectivity index (χ3v) is 3.13. The van der Waals surface area contributed by atoms with Gasteiger partial charge < -0.3 is 5.21 Å². The van der Waals surface area contributed by atoms with Crippen LogP contribution in [0.4, 0.5) is 5.69 Å². The Bertz CT molecular complexity index is 948. The van der Waals surface area contributed by atoms with E-state index < -0.39 is 10.8 Å². The number of nitro benzene ring substituents is 1. The minimum atomic E-state index is -0.550. The Kier molecular flexibility index (Phi) is 3.85. The molecule has 2 aromatic carbocycles. The molecule has 120 valence electrons. The van der Waals surface area contributed by atoms with Crippen LogP contribution in [0.1, 0.15) is 15.9 Å². The van der Waals surface area contributed by atoms with Gasteiger partial charge in [-0.3, -0.25) is 19.5 Å². The topological polar surface area (TPSA) is 138 Å². The number of nitrogens with one attached hydrogen (secondary N) is 1. The van der Waals surface area contributed by atoms with E-state index in [1.165, 1.54) is 36.5 Å². The van der Waals surface area contributed by atoms with Crippen LogP contribution in [0.3, 0.4) is 0 Å². The average Bonchev–Trinajstić information content (AvgIpc) is 2.95. The van der Waals surface area contributed by atoms with Gasteiger partial charge in [-0.25, -0.2) is 5.43 Å². The molecule has 0 saturated carbocycles. The third-order valence-electron chi connectivity index (χ3n) is 3.13. The van der Waals surface area contributed by atoms with Crippen LogP contribution in [0.25, 0.3) is 11.0 Å². The Labute approximate surface area is 133 Å². The zero-order chi connectivity index (χ0) is 17.1. The molecule has 0 fully saturated rings. The molecule has 0 aliphatic carbocycles. The highest BCUT2D eigenvalue weighted by Gasteiger charge is 2.10. The van der Waals surface area contributed by atoms with Crippen molar-refractivity contribution in [1.82, 2.24) is 10.6 Å². The van der Waals surface area contributed by atoms with Crippen LogP contribution in [-0.2, 0) is 0 Å². The van der Waals surface area contributed by atoms with Crippen LogP contribution < -0.4 is 10.3 Å². The largest absolute Gasteiger partial charge is 0.359 e. The molecule has 0 radical (unpaired) electrons. The Morgan fingerprint density at radius 3 is 2.75 bits per heavy atom.